The molecule has 2 aromatic rings. The van der Waals surface area contributed by atoms with Crippen molar-refractivity contribution in [1.82, 2.24) is 20.5 Å². The van der Waals surface area contributed by atoms with Crippen LogP contribution in [-0.4, -0.2) is 21.1 Å². The van der Waals surface area contributed by atoms with Crippen LogP contribution in [0.5, 0.6) is 0 Å². The number of nitrogens with one attached hydrogen (secondary N) is 2. The fraction of sp³-hybridized carbons (Fsp3) is 0.300. The minimum atomic E-state index is -0.301. The highest BCUT2D eigenvalue weighted by Gasteiger charge is 2.10. The topological polar surface area (TPSA) is 110 Å². The van der Waals surface area contributed by atoms with E-state index in [1.165, 1.54) is 6.07 Å². The number of amides is 1. The average molecular weight is 235 g/mol. The van der Waals surface area contributed by atoms with Gasteiger partial charge < -0.3 is 15.5 Å². The summed E-state index contributed by atoms with van der Waals surface area (Å²) in [6.45, 7) is 2.20. The predicted molar refractivity (Wildman–Crippen MR) is 60.1 cm³/mol. The van der Waals surface area contributed by atoms with Crippen LogP contribution < -0.4 is 11.1 Å². The minimum Gasteiger partial charge on any atom is -0.444 e. The molecule has 2 aromatic heterocycles. The van der Waals surface area contributed by atoms with Gasteiger partial charge in [0.1, 0.15) is 17.3 Å². The van der Waals surface area contributed by atoms with Gasteiger partial charge in [-0.25, -0.2) is 4.98 Å². The second-order valence-corrected chi connectivity index (χ2v) is 3.46. The second kappa shape index (κ2) is 4.69. The zero-order valence-electron chi connectivity index (χ0n) is 9.36. The Kier molecular flexibility index (Phi) is 3.08. The summed E-state index contributed by atoms with van der Waals surface area (Å²) in [7, 11) is 0. The number of nitrogens with two attached hydrogens (primary N) is 1. The van der Waals surface area contributed by atoms with Gasteiger partial charge in [-0.3, -0.25) is 9.89 Å². The number of nitrogens with zero attached hydrogens (tertiary/aromatic N) is 2. The van der Waals surface area contributed by atoms with Crippen molar-refractivity contribution in [1.29, 1.82) is 0 Å². The zero-order chi connectivity index (χ0) is 12.3. The summed E-state index contributed by atoms with van der Waals surface area (Å²) in [4.78, 5) is 15.6. The third-order valence-electron chi connectivity index (χ3n) is 2.19. The van der Waals surface area contributed by atoms with E-state index in [1.54, 1.807) is 6.20 Å². The summed E-state index contributed by atoms with van der Waals surface area (Å²) >= 11 is 0. The molecule has 0 aromatic carbocycles. The van der Waals surface area contributed by atoms with Crippen LogP contribution in [0.1, 0.15) is 29.1 Å². The van der Waals surface area contributed by atoms with E-state index in [0.29, 0.717) is 11.6 Å². The van der Waals surface area contributed by atoms with Crippen LogP contribution in [-0.2, 0) is 13.0 Å². The smallest absolute Gasteiger partial charge is 0.269 e. The molecule has 0 radical (unpaired) electrons. The van der Waals surface area contributed by atoms with E-state index in [9.17, 15) is 4.79 Å². The van der Waals surface area contributed by atoms with Crippen LogP contribution in [0.3, 0.4) is 0 Å². The number of rotatable bonds is 4. The molecular weight excluding hydrogens is 222 g/mol. The van der Waals surface area contributed by atoms with Crippen LogP contribution in [0.4, 0.5) is 5.82 Å². The van der Waals surface area contributed by atoms with E-state index >= 15 is 0 Å². The Bertz CT molecular complexity index is 516. The fourth-order valence-electron chi connectivity index (χ4n) is 1.30. The number of aromatic amines is 1. The van der Waals surface area contributed by atoms with Gasteiger partial charge >= 0.3 is 0 Å². The first-order chi connectivity index (χ1) is 8.19. The summed E-state index contributed by atoms with van der Waals surface area (Å²) in [6.07, 6.45) is 2.42. The van der Waals surface area contributed by atoms with E-state index in [0.717, 1.165) is 12.2 Å². The van der Waals surface area contributed by atoms with Crippen molar-refractivity contribution in [3.8, 4) is 0 Å². The number of aromatic nitrogens is 3. The molecule has 90 valence electrons. The molecule has 2 rings (SSSR count). The quantitative estimate of drug-likeness (QED) is 0.713. The Morgan fingerprint density at radius 3 is 3.06 bits per heavy atom. The number of H-pyrrole nitrogens is 1. The molecule has 17 heavy (non-hydrogen) atoms. The van der Waals surface area contributed by atoms with Gasteiger partial charge in [0, 0.05) is 12.5 Å². The van der Waals surface area contributed by atoms with Crippen molar-refractivity contribution in [2.24, 2.45) is 0 Å². The maximum Gasteiger partial charge on any atom is 0.269 e. The molecule has 0 aliphatic heterocycles. The maximum atomic E-state index is 11.6. The molecule has 0 unspecified atom stereocenters. The third-order valence-corrected chi connectivity index (χ3v) is 2.19. The number of oxazole rings is 1. The molecule has 0 bridgehead atoms. The zero-order valence-corrected chi connectivity index (χ0v) is 9.36. The number of anilines is 1. The Hall–Kier alpha value is -2.31. The van der Waals surface area contributed by atoms with Gasteiger partial charge in [-0.05, 0) is 0 Å². The normalized spacial score (nSPS) is 10.4. The Balaban J connectivity index is 1.92. The molecule has 0 aliphatic carbocycles. The van der Waals surface area contributed by atoms with Crippen LogP contribution in [0, 0.1) is 0 Å². The summed E-state index contributed by atoms with van der Waals surface area (Å²) in [5.41, 5.74) is 5.70. The van der Waals surface area contributed by atoms with Gasteiger partial charge in [-0.2, -0.15) is 5.10 Å². The monoisotopic (exact) mass is 235 g/mol. The first-order valence-corrected chi connectivity index (χ1v) is 5.21. The van der Waals surface area contributed by atoms with Gasteiger partial charge in [0.05, 0.1) is 12.7 Å². The highest BCUT2D eigenvalue weighted by molar-refractivity contribution is 5.92. The summed E-state index contributed by atoms with van der Waals surface area (Å²) in [5.74, 6) is 1.24. The molecule has 2 heterocycles. The summed E-state index contributed by atoms with van der Waals surface area (Å²) in [5, 5.41) is 8.83. The molecule has 0 fully saturated rings. The lowest BCUT2D eigenvalue weighted by Gasteiger charge is -1.99. The number of aryl methyl sites for hydroxylation is 1. The van der Waals surface area contributed by atoms with Crippen molar-refractivity contribution < 1.29 is 9.21 Å². The Morgan fingerprint density at radius 1 is 1.65 bits per heavy atom. The largest absolute Gasteiger partial charge is 0.444 e. The number of nitrogen functional groups attached to an aromatic ring is 1. The van der Waals surface area contributed by atoms with Crippen molar-refractivity contribution in [3.63, 3.8) is 0 Å². The number of carbonyl (C=O) groups excluding carboxylic acids is 1. The van der Waals surface area contributed by atoms with Crippen LogP contribution in [0.2, 0.25) is 0 Å². The molecule has 0 spiro atoms. The van der Waals surface area contributed by atoms with E-state index in [-0.39, 0.29) is 18.3 Å². The Morgan fingerprint density at radius 2 is 2.47 bits per heavy atom. The molecule has 7 heteroatoms. The first kappa shape index (κ1) is 11.2. The minimum absolute atomic E-state index is 0.234. The molecule has 7 nitrogen and oxygen atoms in total. The SMILES string of the molecule is CCc1cnc(CNC(=O)c2cc(N)n[nH]2)o1. The van der Waals surface area contributed by atoms with Crippen LogP contribution in [0.25, 0.3) is 0 Å². The van der Waals surface area contributed by atoms with E-state index < -0.39 is 0 Å². The molecule has 0 saturated carbocycles. The third kappa shape index (κ3) is 2.63. The van der Waals surface area contributed by atoms with Gasteiger partial charge in [-0.1, -0.05) is 6.92 Å². The Labute approximate surface area is 97.4 Å². The van der Waals surface area contributed by atoms with Crippen molar-refractivity contribution in [2.45, 2.75) is 19.9 Å². The first-order valence-electron chi connectivity index (χ1n) is 5.21. The lowest BCUT2D eigenvalue weighted by atomic mass is 10.4. The van der Waals surface area contributed by atoms with Gasteiger partial charge in [-0.15, -0.1) is 0 Å². The number of carbonyl (C=O) groups is 1. The second-order valence-electron chi connectivity index (χ2n) is 3.46. The summed E-state index contributed by atoms with van der Waals surface area (Å²) in [6, 6.07) is 1.46. The standard InChI is InChI=1S/C10H13N5O2/c1-2-6-4-12-9(17-6)5-13-10(16)7-3-8(11)15-14-7/h3-4H,2,5H2,1H3,(H,13,16)(H3,11,14,15). The summed E-state index contributed by atoms with van der Waals surface area (Å²) < 4.78 is 5.35. The van der Waals surface area contributed by atoms with Crippen molar-refractivity contribution in [3.05, 3.63) is 29.6 Å². The number of hydrogen-bond acceptors (Lipinski definition) is 5. The van der Waals surface area contributed by atoms with E-state index in [1.807, 2.05) is 6.92 Å². The molecule has 0 saturated heterocycles. The molecule has 1 amide bonds. The molecular formula is C10H13N5O2. The predicted octanol–water partition coefficient (Wildman–Crippen LogP) is 0.472. The lowest BCUT2D eigenvalue weighted by Crippen LogP contribution is -2.23. The number of hydrogen-bond donors (Lipinski definition) is 3. The van der Waals surface area contributed by atoms with E-state index in [2.05, 4.69) is 20.5 Å². The molecule has 4 N–H and O–H groups in total. The average Bonchev–Trinajstić information content (AvgIpc) is 2.94. The molecule has 0 atom stereocenters. The highest BCUT2D eigenvalue weighted by Crippen LogP contribution is 2.04. The van der Waals surface area contributed by atoms with Crippen LogP contribution >= 0.6 is 0 Å². The fourth-order valence-corrected chi connectivity index (χ4v) is 1.30. The van der Waals surface area contributed by atoms with Crippen molar-refractivity contribution in [2.75, 3.05) is 5.73 Å². The van der Waals surface area contributed by atoms with Gasteiger partial charge in [0.25, 0.3) is 5.91 Å². The molecule has 0 aliphatic rings. The van der Waals surface area contributed by atoms with E-state index in [4.69, 9.17) is 10.2 Å². The van der Waals surface area contributed by atoms with Crippen molar-refractivity contribution >= 4 is 11.7 Å². The van der Waals surface area contributed by atoms with Gasteiger partial charge in [0.15, 0.2) is 0 Å². The van der Waals surface area contributed by atoms with Gasteiger partial charge in [0.2, 0.25) is 5.89 Å². The maximum absolute atomic E-state index is 11.6. The lowest BCUT2D eigenvalue weighted by molar-refractivity contribution is 0.0942. The van der Waals surface area contributed by atoms with Crippen LogP contribution in [0.15, 0.2) is 16.7 Å². The highest BCUT2D eigenvalue weighted by atomic mass is 16.4.